The molecule has 0 aliphatic carbocycles. The number of carbonyl (C=O) groups excluding carboxylic acids is 1. The molecule has 1 N–H and O–H groups in total. The molecule has 2 heterocycles. The van der Waals surface area contributed by atoms with E-state index >= 15 is 0 Å². The Labute approximate surface area is 65.4 Å². The Morgan fingerprint density at radius 3 is 3.27 bits per heavy atom. The number of amides is 1. The zero-order valence-electron chi connectivity index (χ0n) is 5.74. The van der Waals surface area contributed by atoms with Gasteiger partial charge >= 0.3 is 0 Å². The monoisotopic (exact) mass is 170 g/mol. The predicted molar refractivity (Wildman–Crippen MR) is 40.7 cm³/mol. The molecule has 1 amide bonds. The highest BCUT2D eigenvalue weighted by Crippen LogP contribution is 2.11. The molecule has 2 rings (SSSR count). The minimum atomic E-state index is 0.0167. The zero-order chi connectivity index (χ0) is 7.84. The molecule has 58 valence electrons. The van der Waals surface area contributed by atoms with Crippen LogP contribution in [0.25, 0.3) is 0 Å². The number of carbonyl (C=O) groups is 1. The summed E-state index contributed by atoms with van der Waals surface area (Å²) in [4.78, 5) is 10.8. The Kier molecular flexibility index (Phi) is 1.39. The minimum absolute atomic E-state index is 0.0167. The van der Waals surface area contributed by atoms with E-state index in [9.17, 15) is 4.79 Å². The van der Waals surface area contributed by atoms with Gasteiger partial charge in [-0.3, -0.25) is 4.79 Å². The van der Waals surface area contributed by atoms with Crippen LogP contribution < -0.4 is 5.32 Å². The van der Waals surface area contributed by atoms with Gasteiger partial charge < -0.3 is 5.32 Å². The van der Waals surface area contributed by atoms with Gasteiger partial charge in [0.15, 0.2) is 0 Å². The quantitative estimate of drug-likeness (QED) is 0.513. The number of fused-ring (bicyclic) bond motifs is 1. The lowest BCUT2D eigenvalue weighted by molar-refractivity contribution is -0.121. The van der Waals surface area contributed by atoms with Crippen molar-refractivity contribution in [3.63, 3.8) is 0 Å². The summed E-state index contributed by atoms with van der Waals surface area (Å²) in [6.07, 6.45) is 0.351. The normalized spacial score (nSPS) is 15.9. The molecule has 0 saturated carbocycles. The Bertz CT molecular complexity index is 307. The second kappa shape index (κ2) is 2.27. The maximum atomic E-state index is 10.8. The SMILES string of the molecule is O=C1Cc2nnn(P)c2CN1. The second-order valence-corrected chi connectivity index (χ2v) is 2.87. The van der Waals surface area contributed by atoms with E-state index in [4.69, 9.17) is 0 Å². The molecule has 1 aliphatic heterocycles. The highest BCUT2D eigenvalue weighted by atomic mass is 31.0. The highest BCUT2D eigenvalue weighted by molar-refractivity contribution is 7.14. The summed E-state index contributed by atoms with van der Waals surface area (Å²) in [6.45, 7) is 0.532. The molecule has 1 aliphatic rings. The molecular formula is C5H7N4OP. The van der Waals surface area contributed by atoms with E-state index in [2.05, 4.69) is 25.0 Å². The van der Waals surface area contributed by atoms with Crippen molar-refractivity contribution in [1.82, 2.24) is 20.1 Å². The number of aromatic nitrogens is 3. The lowest BCUT2D eigenvalue weighted by atomic mass is 10.2. The summed E-state index contributed by atoms with van der Waals surface area (Å²) in [5, 5.41) is 10.3. The molecule has 0 bridgehead atoms. The van der Waals surface area contributed by atoms with Crippen molar-refractivity contribution < 1.29 is 4.79 Å². The minimum Gasteiger partial charge on any atom is -0.350 e. The smallest absolute Gasteiger partial charge is 0.226 e. The van der Waals surface area contributed by atoms with Gasteiger partial charge in [0.2, 0.25) is 5.91 Å². The van der Waals surface area contributed by atoms with Crippen LogP contribution in [0.3, 0.4) is 0 Å². The summed E-state index contributed by atoms with van der Waals surface area (Å²) in [5.41, 5.74) is 1.75. The van der Waals surface area contributed by atoms with E-state index in [1.807, 2.05) is 0 Å². The van der Waals surface area contributed by atoms with Gasteiger partial charge in [0.05, 0.1) is 24.4 Å². The first kappa shape index (κ1) is 6.73. The summed E-state index contributed by atoms with van der Waals surface area (Å²) < 4.78 is 1.61. The van der Waals surface area contributed by atoms with Crippen molar-refractivity contribution in [2.75, 3.05) is 0 Å². The van der Waals surface area contributed by atoms with Crippen molar-refractivity contribution in [3.8, 4) is 0 Å². The van der Waals surface area contributed by atoms with Crippen LogP contribution in [0.2, 0.25) is 0 Å². The molecule has 1 aromatic rings. The first-order chi connectivity index (χ1) is 5.27. The van der Waals surface area contributed by atoms with Crippen LogP contribution in [0.5, 0.6) is 0 Å². The van der Waals surface area contributed by atoms with Crippen LogP contribution >= 0.6 is 9.39 Å². The summed E-state index contributed by atoms with van der Waals surface area (Å²) in [5.74, 6) is 0.0167. The van der Waals surface area contributed by atoms with E-state index in [0.29, 0.717) is 13.0 Å². The van der Waals surface area contributed by atoms with Crippen LogP contribution in [0.15, 0.2) is 0 Å². The molecule has 11 heavy (non-hydrogen) atoms. The van der Waals surface area contributed by atoms with Crippen molar-refractivity contribution in [2.24, 2.45) is 0 Å². The molecule has 5 nitrogen and oxygen atoms in total. The van der Waals surface area contributed by atoms with Crippen LogP contribution in [-0.4, -0.2) is 20.7 Å². The van der Waals surface area contributed by atoms with Crippen LogP contribution in [0.4, 0.5) is 0 Å². The van der Waals surface area contributed by atoms with E-state index < -0.39 is 0 Å². The highest BCUT2D eigenvalue weighted by Gasteiger charge is 2.19. The summed E-state index contributed by atoms with van der Waals surface area (Å²) in [6, 6.07) is 0. The third kappa shape index (κ3) is 1.01. The van der Waals surface area contributed by atoms with E-state index in [1.54, 1.807) is 4.45 Å². The van der Waals surface area contributed by atoms with E-state index in [1.165, 1.54) is 0 Å². The summed E-state index contributed by atoms with van der Waals surface area (Å²) in [7, 11) is 2.42. The Morgan fingerprint density at radius 2 is 2.45 bits per heavy atom. The van der Waals surface area contributed by atoms with Gasteiger partial charge in [0.1, 0.15) is 0 Å². The summed E-state index contributed by atoms with van der Waals surface area (Å²) >= 11 is 0. The fraction of sp³-hybridized carbons (Fsp3) is 0.400. The number of nitrogens with one attached hydrogen (secondary N) is 1. The number of nitrogens with zero attached hydrogens (tertiary/aromatic N) is 3. The topological polar surface area (TPSA) is 59.8 Å². The maximum absolute atomic E-state index is 10.8. The fourth-order valence-corrected chi connectivity index (χ4v) is 1.36. The zero-order valence-corrected chi connectivity index (χ0v) is 6.90. The predicted octanol–water partition coefficient (Wildman–Crippen LogP) is -0.911. The first-order valence-corrected chi connectivity index (χ1v) is 3.74. The Balaban J connectivity index is 2.44. The van der Waals surface area contributed by atoms with Crippen LogP contribution in [0.1, 0.15) is 11.4 Å². The molecule has 6 heteroatoms. The number of hydrogen-bond acceptors (Lipinski definition) is 3. The third-order valence-electron chi connectivity index (χ3n) is 1.65. The largest absolute Gasteiger partial charge is 0.350 e. The molecule has 0 fully saturated rings. The van der Waals surface area contributed by atoms with Gasteiger partial charge in [-0.05, 0) is 9.39 Å². The lowest BCUT2D eigenvalue weighted by Crippen LogP contribution is -2.30. The second-order valence-electron chi connectivity index (χ2n) is 2.38. The van der Waals surface area contributed by atoms with Gasteiger partial charge in [0.25, 0.3) is 0 Å². The lowest BCUT2D eigenvalue weighted by Gasteiger charge is -2.10. The van der Waals surface area contributed by atoms with E-state index in [0.717, 1.165) is 11.4 Å². The Morgan fingerprint density at radius 1 is 1.64 bits per heavy atom. The number of rotatable bonds is 0. The average Bonchev–Trinajstić information content (AvgIpc) is 2.32. The van der Waals surface area contributed by atoms with Crippen molar-refractivity contribution in [3.05, 3.63) is 11.4 Å². The molecule has 0 radical (unpaired) electrons. The maximum Gasteiger partial charge on any atom is 0.226 e. The van der Waals surface area contributed by atoms with Crippen molar-refractivity contribution in [1.29, 1.82) is 0 Å². The average molecular weight is 170 g/mol. The van der Waals surface area contributed by atoms with Gasteiger partial charge in [-0.25, -0.2) is 4.45 Å². The van der Waals surface area contributed by atoms with Crippen molar-refractivity contribution in [2.45, 2.75) is 13.0 Å². The van der Waals surface area contributed by atoms with Gasteiger partial charge in [-0.2, -0.15) is 0 Å². The molecule has 1 atom stereocenters. The number of hydrogen-bond donors (Lipinski definition) is 1. The van der Waals surface area contributed by atoms with Crippen LogP contribution in [-0.2, 0) is 17.8 Å². The molecule has 1 aromatic heterocycles. The molecule has 0 aromatic carbocycles. The van der Waals surface area contributed by atoms with Crippen LogP contribution in [0, 0.1) is 0 Å². The van der Waals surface area contributed by atoms with Gasteiger partial charge in [-0.15, -0.1) is 5.10 Å². The van der Waals surface area contributed by atoms with Gasteiger partial charge in [-0.1, -0.05) is 5.21 Å². The first-order valence-electron chi connectivity index (χ1n) is 3.22. The molecule has 0 spiro atoms. The molecule has 0 saturated heterocycles. The standard InChI is InChI=1S/C5H7N4OP/c10-5-1-3-4(2-6-5)9(11)8-7-3/h1-2,11H2,(H,6,10). The van der Waals surface area contributed by atoms with E-state index in [-0.39, 0.29) is 5.91 Å². The Hall–Kier alpha value is -0.960. The van der Waals surface area contributed by atoms with Gasteiger partial charge in [0, 0.05) is 0 Å². The fourth-order valence-electron chi connectivity index (χ4n) is 1.06. The molecule has 1 unspecified atom stereocenters. The third-order valence-corrected chi connectivity index (χ3v) is 2.07. The van der Waals surface area contributed by atoms with Crippen molar-refractivity contribution >= 4 is 15.3 Å². The molecular weight excluding hydrogens is 163 g/mol.